The number of para-hydroxylation sites is 1. The molecule has 0 spiro atoms. The van der Waals surface area contributed by atoms with Gasteiger partial charge < -0.3 is 15.4 Å². The minimum atomic E-state index is -0.901. The van der Waals surface area contributed by atoms with Crippen LogP contribution in [-0.2, 0) is 9.59 Å². The van der Waals surface area contributed by atoms with Crippen molar-refractivity contribution in [1.29, 1.82) is 0 Å². The topological polar surface area (TPSA) is 91.8 Å². The van der Waals surface area contributed by atoms with Crippen LogP contribution in [0.4, 0.5) is 15.8 Å². The molecule has 4 rings (SSSR count). The van der Waals surface area contributed by atoms with Crippen molar-refractivity contribution in [2.45, 2.75) is 12.5 Å². The zero-order valence-electron chi connectivity index (χ0n) is 16.3. The Morgan fingerprint density at radius 3 is 2.29 bits per heavy atom. The zero-order chi connectivity index (χ0) is 21.6. The number of aliphatic imine (C=N–C) groups is 1. The van der Waals surface area contributed by atoms with Gasteiger partial charge in [-0.25, -0.2) is 9.38 Å². The number of hydrogen-bond donors (Lipinski definition) is 3. The summed E-state index contributed by atoms with van der Waals surface area (Å²) in [5.41, 5.74) is 1.09. The van der Waals surface area contributed by atoms with Crippen molar-refractivity contribution in [2.75, 3.05) is 10.6 Å². The first-order chi connectivity index (χ1) is 15.0. The number of nitrogens with one attached hydrogen (secondary N) is 3. The van der Waals surface area contributed by atoms with Crippen LogP contribution >= 0.6 is 0 Å². The van der Waals surface area contributed by atoms with Crippen molar-refractivity contribution < 1.29 is 18.7 Å². The van der Waals surface area contributed by atoms with Gasteiger partial charge in [-0.1, -0.05) is 18.2 Å². The van der Waals surface area contributed by atoms with E-state index in [1.807, 2.05) is 30.3 Å². The number of hydrogen-bond acceptors (Lipinski definition) is 5. The predicted molar refractivity (Wildman–Crippen MR) is 116 cm³/mol. The van der Waals surface area contributed by atoms with Gasteiger partial charge in [0.15, 0.2) is 0 Å². The number of rotatable bonds is 5. The highest BCUT2D eigenvalue weighted by Crippen LogP contribution is 2.23. The number of ether oxygens (including phenoxy) is 1. The fraction of sp³-hybridized carbons (Fsp3) is 0.0870. The number of anilines is 2. The largest absolute Gasteiger partial charge is 0.457 e. The van der Waals surface area contributed by atoms with Crippen LogP contribution in [0, 0.1) is 5.82 Å². The molecule has 31 heavy (non-hydrogen) atoms. The molecule has 2 amide bonds. The minimum Gasteiger partial charge on any atom is -0.457 e. The van der Waals surface area contributed by atoms with E-state index in [1.165, 1.54) is 24.3 Å². The summed E-state index contributed by atoms with van der Waals surface area (Å²) in [4.78, 5) is 28.8. The minimum absolute atomic E-state index is 0.0813. The maximum atomic E-state index is 13.0. The molecule has 1 aliphatic heterocycles. The highest BCUT2D eigenvalue weighted by molar-refractivity contribution is 6.10. The molecule has 1 heterocycles. The molecule has 0 aromatic heterocycles. The van der Waals surface area contributed by atoms with Gasteiger partial charge in [-0.05, 0) is 60.7 Å². The van der Waals surface area contributed by atoms with Gasteiger partial charge in [0.2, 0.25) is 17.8 Å². The Bertz CT molecular complexity index is 1100. The number of halogens is 1. The lowest BCUT2D eigenvalue weighted by atomic mass is 10.1. The Morgan fingerprint density at radius 1 is 0.935 bits per heavy atom. The molecule has 0 saturated carbocycles. The zero-order valence-corrected chi connectivity index (χ0v) is 16.3. The van der Waals surface area contributed by atoms with Gasteiger partial charge in [-0.15, -0.1) is 0 Å². The number of amides is 2. The Morgan fingerprint density at radius 2 is 1.58 bits per heavy atom. The lowest BCUT2D eigenvalue weighted by Crippen LogP contribution is -2.45. The number of guanidine groups is 1. The summed E-state index contributed by atoms with van der Waals surface area (Å²) in [6.45, 7) is 0. The fourth-order valence-electron chi connectivity index (χ4n) is 2.93. The SMILES string of the molecule is O=C1C[C@H](C(=O)Nc2ccc(F)cc2)N=C(Nc2ccc(Oc3ccccc3)cc2)N1. The van der Waals surface area contributed by atoms with Crippen LogP contribution in [0.15, 0.2) is 83.9 Å². The van der Waals surface area contributed by atoms with Gasteiger partial charge >= 0.3 is 0 Å². The van der Waals surface area contributed by atoms with E-state index in [1.54, 1.807) is 24.3 Å². The lowest BCUT2D eigenvalue weighted by Gasteiger charge is -2.21. The third kappa shape index (κ3) is 5.45. The molecule has 1 aliphatic rings. The van der Waals surface area contributed by atoms with Crippen LogP contribution in [0.5, 0.6) is 11.5 Å². The molecular formula is C23H19FN4O3. The summed E-state index contributed by atoms with van der Waals surface area (Å²) in [5, 5.41) is 8.24. The molecule has 0 fully saturated rings. The normalized spacial score (nSPS) is 15.5. The van der Waals surface area contributed by atoms with Gasteiger partial charge in [0.25, 0.3) is 0 Å². The average molecular weight is 418 g/mol. The molecule has 156 valence electrons. The maximum absolute atomic E-state index is 13.0. The molecule has 7 nitrogen and oxygen atoms in total. The van der Waals surface area contributed by atoms with Crippen molar-refractivity contribution in [2.24, 2.45) is 4.99 Å². The molecule has 8 heteroatoms. The summed E-state index contributed by atoms with van der Waals surface area (Å²) in [6, 6.07) is 21.0. The quantitative estimate of drug-likeness (QED) is 0.586. The van der Waals surface area contributed by atoms with Crippen LogP contribution in [0.25, 0.3) is 0 Å². The van der Waals surface area contributed by atoms with E-state index in [0.717, 1.165) is 5.75 Å². The van der Waals surface area contributed by atoms with Crippen LogP contribution in [0.2, 0.25) is 0 Å². The van der Waals surface area contributed by atoms with Crippen LogP contribution in [-0.4, -0.2) is 23.8 Å². The van der Waals surface area contributed by atoms with E-state index in [9.17, 15) is 14.0 Å². The van der Waals surface area contributed by atoms with E-state index < -0.39 is 17.8 Å². The Hall–Kier alpha value is -4.20. The average Bonchev–Trinajstić information content (AvgIpc) is 2.77. The predicted octanol–water partition coefficient (Wildman–Crippen LogP) is 3.91. The fourth-order valence-corrected chi connectivity index (χ4v) is 2.93. The summed E-state index contributed by atoms with van der Waals surface area (Å²) in [7, 11) is 0. The number of carbonyl (C=O) groups is 2. The Kier molecular flexibility index (Phi) is 5.89. The van der Waals surface area contributed by atoms with Crippen molar-refractivity contribution >= 4 is 29.1 Å². The summed E-state index contributed by atoms with van der Waals surface area (Å²) in [6.07, 6.45) is -0.0813. The maximum Gasteiger partial charge on any atom is 0.249 e. The molecule has 1 atom stereocenters. The third-order valence-electron chi connectivity index (χ3n) is 4.43. The van der Waals surface area contributed by atoms with Crippen LogP contribution in [0.1, 0.15) is 6.42 Å². The third-order valence-corrected chi connectivity index (χ3v) is 4.43. The molecule has 0 bridgehead atoms. The van der Waals surface area contributed by atoms with E-state index in [-0.39, 0.29) is 18.3 Å². The first-order valence-corrected chi connectivity index (χ1v) is 9.59. The highest BCUT2D eigenvalue weighted by atomic mass is 19.1. The van der Waals surface area contributed by atoms with Gasteiger partial charge in [-0.2, -0.15) is 0 Å². The van der Waals surface area contributed by atoms with Crippen molar-refractivity contribution in [3.05, 3.63) is 84.7 Å². The van der Waals surface area contributed by atoms with Crippen molar-refractivity contribution in [3.8, 4) is 11.5 Å². The van der Waals surface area contributed by atoms with Crippen LogP contribution in [0.3, 0.4) is 0 Å². The first-order valence-electron chi connectivity index (χ1n) is 9.59. The van der Waals surface area contributed by atoms with Gasteiger partial charge in [-0.3, -0.25) is 14.9 Å². The molecule has 0 radical (unpaired) electrons. The second-order valence-corrected chi connectivity index (χ2v) is 6.81. The number of nitrogens with zero attached hydrogens (tertiary/aromatic N) is 1. The number of carbonyl (C=O) groups excluding carboxylic acids is 2. The molecule has 0 unspecified atom stereocenters. The molecule has 3 aromatic rings. The van der Waals surface area contributed by atoms with Gasteiger partial charge in [0.1, 0.15) is 23.4 Å². The lowest BCUT2D eigenvalue weighted by molar-refractivity contribution is -0.124. The highest BCUT2D eigenvalue weighted by Gasteiger charge is 2.27. The molecule has 3 N–H and O–H groups in total. The Balaban J connectivity index is 1.41. The summed E-state index contributed by atoms with van der Waals surface area (Å²) < 4.78 is 18.8. The molecule has 0 saturated heterocycles. The smallest absolute Gasteiger partial charge is 0.249 e. The molecule has 3 aromatic carbocycles. The molecular weight excluding hydrogens is 399 g/mol. The van der Waals surface area contributed by atoms with Crippen molar-refractivity contribution in [3.63, 3.8) is 0 Å². The second kappa shape index (κ2) is 9.08. The van der Waals surface area contributed by atoms with E-state index in [4.69, 9.17) is 4.74 Å². The van der Waals surface area contributed by atoms with Crippen LogP contribution < -0.4 is 20.7 Å². The standard InChI is InChI=1S/C23H19FN4O3/c24-15-6-8-16(9-7-15)25-22(30)20-14-21(29)28-23(27-20)26-17-10-12-19(13-11-17)31-18-4-2-1-3-5-18/h1-13,20H,14H2,(H,25,30)(H2,26,27,28,29)/t20-/m1/s1. The Labute approximate surface area is 178 Å². The van der Waals surface area contributed by atoms with Gasteiger partial charge in [0, 0.05) is 11.4 Å². The second-order valence-electron chi connectivity index (χ2n) is 6.81. The van der Waals surface area contributed by atoms with E-state index in [0.29, 0.717) is 17.1 Å². The summed E-state index contributed by atoms with van der Waals surface area (Å²) in [5.74, 6) is 0.366. The summed E-state index contributed by atoms with van der Waals surface area (Å²) >= 11 is 0. The first kappa shape index (κ1) is 20.1. The molecule has 0 aliphatic carbocycles. The van der Waals surface area contributed by atoms with E-state index in [2.05, 4.69) is 20.9 Å². The monoisotopic (exact) mass is 418 g/mol. The van der Waals surface area contributed by atoms with Gasteiger partial charge in [0.05, 0.1) is 6.42 Å². The van der Waals surface area contributed by atoms with Crippen molar-refractivity contribution in [1.82, 2.24) is 5.32 Å². The van der Waals surface area contributed by atoms with E-state index >= 15 is 0 Å². The number of benzene rings is 3.